The maximum atomic E-state index is 10.9. The van der Waals surface area contributed by atoms with Gasteiger partial charge in [-0.15, -0.1) is 11.6 Å². The van der Waals surface area contributed by atoms with Crippen LogP contribution in [0.3, 0.4) is 0 Å². The van der Waals surface area contributed by atoms with E-state index in [4.69, 9.17) is 11.6 Å². The van der Waals surface area contributed by atoms with Gasteiger partial charge in [0.05, 0.1) is 0 Å². The lowest BCUT2D eigenvalue weighted by atomic mass is 9.97. The van der Waals surface area contributed by atoms with Crippen LogP contribution in [0.5, 0.6) is 0 Å². The number of benzene rings is 1. The maximum Gasteiger partial charge on any atom is 0.129 e. The normalized spacial score (nSPS) is 10.2. The predicted octanol–water partition coefficient (Wildman–Crippen LogP) is 3.94. The van der Waals surface area contributed by atoms with Gasteiger partial charge in [-0.25, -0.2) is 0 Å². The molecule has 0 aliphatic rings. The van der Waals surface area contributed by atoms with Crippen molar-refractivity contribution in [1.82, 2.24) is 0 Å². The monoisotopic (exact) mass is 250 g/mol. The summed E-state index contributed by atoms with van der Waals surface area (Å²) in [7, 11) is 0. The molecule has 0 N–H and O–H groups in total. The van der Waals surface area contributed by atoms with Crippen LogP contribution < -0.4 is 0 Å². The predicted molar refractivity (Wildman–Crippen MR) is 73.6 cm³/mol. The summed E-state index contributed by atoms with van der Waals surface area (Å²) in [6.45, 7) is 5.57. The first-order valence-electron chi connectivity index (χ1n) is 5.92. The zero-order chi connectivity index (χ0) is 12.7. The Balaban J connectivity index is 2.64. The summed E-state index contributed by atoms with van der Waals surface area (Å²) in [4.78, 5) is 10.9. The molecule has 0 radical (unpaired) electrons. The molecule has 92 valence electrons. The van der Waals surface area contributed by atoms with Crippen LogP contribution in [0.2, 0.25) is 0 Å². The number of ketones is 1. The highest BCUT2D eigenvalue weighted by Gasteiger charge is 2.04. The molecule has 2 heteroatoms. The molecule has 1 aromatic carbocycles. The first kappa shape index (κ1) is 14.0. The van der Waals surface area contributed by atoms with Crippen LogP contribution in [0.4, 0.5) is 0 Å². The lowest BCUT2D eigenvalue weighted by Crippen LogP contribution is -1.99. The van der Waals surface area contributed by atoms with Crippen LogP contribution in [0.15, 0.2) is 36.4 Å². The molecule has 0 heterocycles. The number of hydrogen-bond donors (Lipinski definition) is 0. The van der Waals surface area contributed by atoms with Crippen LogP contribution in [0.1, 0.15) is 30.9 Å². The third-order valence-corrected chi connectivity index (χ3v) is 3.10. The average Bonchev–Trinajstić information content (AvgIpc) is 2.30. The first-order chi connectivity index (χ1) is 8.13. The highest BCUT2D eigenvalue weighted by Crippen LogP contribution is 2.16. The lowest BCUT2D eigenvalue weighted by molar-refractivity contribution is -0.117. The molecule has 1 nitrogen and oxygen atoms in total. The Morgan fingerprint density at radius 2 is 1.94 bits per heavy atom. The van der Waals surface area contributed by atoms with Crippen molar-refractivity contribution in [3.8, 4) is 0 Å². The highest BCUT2D eigenvalue weighted by molar-refractivity contribution is 6.19. The van der Waals surface area contributed by atoms with Gasteiger partial charge in [-0.05, 0) is 37.3 Å². The van der Waals surface area contributed by atoms with Crippen molar-refractivity contribution >= 4 is 17.4 Å². The molecule has 0 aromatic heterocycles. The van der Waals surface area contributed by atoms with Gasteiger partial charge in [0, 0.05) is 12.3 Å². The smallest absolute Gasteiger partial charge is 0.129 e. The van der Waals surface area contributed by atoms with Crippen LogP contribution in [0.25, 0.3) is 0 Å². The molecule has 0 atom stereocenters. The van der Waals surface area contributed by atoms with Gasteiger partial charge in [0.1, 0.15) is 5.78 Å². The molecule has 0 aliphatic carbocycles. The number of hydrogen-bond acceptors (Lipinski definition) is 1. The van der Waals surface area contributed by atoms with Gasteiger partial charge in [-0.1, -0.05) is 36.4 Å². The molecular weight excluding hydrogens is 232 g/mol. The third-order valence-electron chi connectivity index (χ3n) is 2.72. The number of alkyl halides is 1. The van der Waals surface area contributed by atoms with Gasteiger partial charge in [0.25, 0.3) is 0 Å². The van der Waals surface area contributed by atoms with Crippen LogP contribution >= 0.6 is 11.6 Å². The largest absolute Gasteiger partial charge is 0.300 e. The second-order valence-corrected chi connectivity index (χ2v) is 4.65. The quantitative estimate of drug-likeness (QED) is 0.529. The van der Waals surface area contributed by atoms with Gasteiger partial charge >= 0.3 is 0 Å². The molecule has 17 heavy (non-hydrogen) atoms. The Hall–Kier alpha value is -1.08. The van der Waals surface area contributed by atoms with Crippen molar-refractivity contribution in [2.24, 2.45) is 0 Å². The molecule has 0 amide bonds. The number of carbonyl (C=O) groups is 1. The minimum absolute atomic E-state index is 0.257. The fraction of sp³-hybridized carbons (Fsp3) is 0.400. The zero-order valence-corrected chi connectivity index (χ0v) is 11.1. The second kappa shape index (κ2) is 7.29. The van der Waals surface area contributed by atoms with E-state index in [1.807, 2.05) is 12.1 Å². The van der Waals surface area contributed by atoms with Crippen molar-refractivity contribution in [2.75, 3.05) is 5.88 Å². The number of carbonyl (C=O) groups excluding carboxylic acids is 1. The standard InChI is InChI=1S/C15H19ClO/c1-12(11-16)10-15-8-4-3-7-14(15)9-5-6-13(2)17/h3-4,7-8H,1,5-6,9-11H2,2H3. The van der Waals surface area contributed by atoms with Crippen molar-refractivity contribution in [2.45, 2.75) is 32.6 Å². The van der Waals surface area contributed by atoms with Gasteiger partial charge in [0.15, 0.2) is 0 Å². The molecule has 0 bridgehead atoms. The summed E-state index contributed by atoms with van der Waals surface area (Å²) < 4.78 is 0. The van der Waals surface area contributed by atoms with Crippen molar-refractivity contribution in [3.05, 3.63) is 47.5 Å². The fourth-order valence-corrected chi connectivity index (χ4v) is 1.91. The van der Waals surface area contributed by atoms with E-state index in [0.29, 0.717) is 12.3 Å². The number of halogens is 1. The first-order valence-corrected chi connectivity index (χ1v) is 6.45. The Kier molecular flexibility index (Phi) is 5.99. The third kappa shape index (κ3) is 5.18. The molecular formula is C15H19ClO. The van der Waals surface area contributed by atoms with E-state index in [-0.39, 0.29) is 5.78 Å². The Bertz CT molecular complexity index is 396. The van der Waals surface area contributed by atoms with E-state index < -0.39 is 0 Å². The van der Waals surface area contributed by atoms with E-state index in [9.17, 15) is 4.79 Å². The Morgan fingerprint density at radius 3 is 2.53 bits per heavy atom. The summed E-state index contributed by atoms with van der Waals surface area (Å²) in [6.07, 6.45) is 3.36. The van der Waals surface area contributed by atoms with Crippen LogP contribution in [-0.2, 0) is 17.6 Å². The zero-order valence-electron chi connectivity index (χ0n) is 10.3. The van der Waals surface area contributed by atoms with Crippen LogP contribution in [0, 0.1) is 0 Å². The summed E-state index contributed by atoms with van der Waals surface area (Å²) in [5.74, 6) is 0.759. The summed E-state index contributed by atoms with van der Waals surface area (Å²) in [5.41, 5.74) is 3.62. The summed E-state index contributed by atoms with van der Waals surface area (Å²) in [6, 6.07) is 8.30. The number of aryl methyl sites for hydroxylation is 1. The van der Waals surface area contributed by atoms with Gasteiger partial charge in [-0.2, -0.15) is 0 Å². The fourth-order valence-electron chi connectivity index (χ4n) is 1.82. The molecule has 0 unspecified atom stereocenters. The van der Waals surface area contributed by atoms with Crippen LogP contribution in [-0.4, -0.2) is 11.7 Å². The second-order valence-electron chi connectivity index (χ2n) is 4.38. The van der Waals surface area contributed by atoms with Crippen molar-refractivity contribution in [1.29, 1.82) is 0 Å². The molecule has 1 rings (SSSR count). The molecule has 1 aromatic rings. The number of rotatable bonds is 7. The lowest BCUT2D eigenvalue weighted by Gasteiger charge is -2.09. The Labute approximate surface area is 108 Å². The van der Waals surface area contributed by atoms with E-state index in [2.05, 4.69) is 18.7 Å². The number of Topliss-reactive ketones (excluding diaryl/α,β-unsaturated/α-hetero) is 1. The Morgan fingerprint density at radius 1 is 1.29 bits per heavy atom. The summed E-state index contributed by atoms with van der Waals surface area (Å²) >= 11 is 5.76. The van der Waals surface area contributed by atoms with E-state index >= 15 is 0 Å². The van der Waals surface area contributed by atoms with E-state index in [1.165, 1.54) is 11.1 Å². The van der Waals surface area contributed by atoms with Gasteiger partial charge in [0.2, 0.25) is 0 Å². The van der Waals surface area contributed by atoms with Crippen molar-refractivity contribution < 1.29 is 4.79 Å². The SMILES string of the molecule is C=C(CCl)Cc1ccccc1CCCC(C)=O. The van der Waals surface area contributed by atoms with E-state index in [1.54, 1.807) is 6.92 Å². The number of allylic oxidation sites excluding steroid dienone is 1. The minimum Gasteiger partial charge on any atom is -0.300 e. The summed E-state index contributed by atoms with van der Waals surface area (Å²) in [5, 5.41) is 0. The molecule has 0 saturated carbocycles. The molecule has 0 fully saturated rings. The molecule has 0 spiro atoms. The molecule has 0 saturated heterocycles. The van der Waals surface area contributed by atoms with Crippen molar-refractivity contribution in [3.63, 3.8) is 0 Å². The highest BCUT2D eigenvalue weighted by atomic mass is 35.5. The average molecular weight is 251 g/mol. The molecule has 0 aliphatic heterocycles. The van der Waals surface area contributed by atoms with Gasteiger partial charge < -0.3 is 4.79 Å². The minimum atomic E-state index is 0.257. The van der Waals surface area contributed by atoms with Gasteiger partial charge in [-0.3, -0.25) is 0 Å². The van der Waals surface area contributed by atoms with E-state index in [0.717, 1.165) is 24.8 Å². The topological polar surface area (TPSA) is 17.1 Å². The maximum absolute atomic E-state index is 10.9.